The van der Waals surface area contributed by atoms with Gasteiger partial charge in [0.1, 0.15) is 0 Å². The minimum absolute atomic E-state index is 0.0109. The largest absolute Gasteiger partial charge is 0.339 e. The molecule has 12 heteroatoms. The summed E-state index contributed by atoms with van der Waals surface area (Å²) >= 11 is 5.89. The second-order valence-corrected chi connectivity index (χ2v) is 6.13. The summed E-state index contributed by atoms with van der Waals surface area (Å²) in [6.07, 6.45) is 0.493. The van der Waals surface area contributed by atoms with E-state index in [0.29, 0.717) is 10.4 Å². The molecule has 4 N–H and O–H groups in total. The van der Waals surface area contributed by atoms with Gasteiger partial charge in [-0.3, -0.25) is 30.8 Å². The minimum atomic E-state index is -0.656. The van der Waals surface area contributed by atoms with Crippen LogP contribution in [0.5, 0.6) is 0 Å². The molecule has 0 saturated heterocycles. The first kappa shape index (κ1) is 17.5. The summed E-state index contributed by atoms with van der Waals surface area (Å²) in [5, 5.41) is 19.4. The number of carbonyl (C=O) groups is 2. The molecule has 2 rings (SSSR count). The van der Waals surface area contributed by atoms with Gasteiger partial charge in [0.05, 0.1) is 4.92 Å². The molecular formula is C12H12N6O4S2. The smallest absolute Gasteiger partial charge is 0.281 e. The number of aromatic nitrogens is 2. The Morgan fingerprint density at radius 2 is 2.00 bits per heavy atom. The number of H-pyrrole nitrogens is 1. The summed E-state index contributed by atoms with van der Waals surface area (Å²) in [5.74, 6) is -0.404. The number of nitro groups is 1. The normalized spacial score (nSPS) is 10.0. The number of hydrogen-bond donors (Lipinski definition) is 4. The van der Waals surface area contributed by atoms with E-state index in [4.69, 9.17) is 12.2 Å². The van der Waals surface area contributed by atoms with Crippen molar-refractivity contribution in [1.29, 1.82) is 0 Å². The molecule has 0 atom stereocenters. The Bertz CT molecular complexity index is 800. The van der Waals surface area contributed by atoms with Crippen molar-refractivity contribution >= 4 is 46.3 Å². The average molecular weight is 368 g/mol. The van der Waals surface area contributed by atoms with Gasteiger partial charge in [0.15, 0.2) is 3.95 Å². The number of urea groups is 1. The molecule has 0 aliphatic heterocycles. The molecule has 0 fully saturated rings. The van der Waals surface area contributed by atoms with E-state index in [1.165, 1.54) is 12.1 Å². The third kappa shape index (κ3) is 5.40. The van der Waals surface area contributed by atoms with Crippen LogP contribution in [0.1, 0.15) is 12.0 Å². The van der Waals surface area contributed by atoms with Gasteiger partial charge >= 0.3 is 6.03 Å². The van der Waals surface area contributed by atoms with E-state index >= 15 is 0 Å². The Morgan fingerprint density at radius 1 is 1.29 bits per heavy atom. The van der Waals surface area contributed by atoms with E-state index in [-0.39, 0.29) is 17.2 Å². The number of nitrogens with one attached hydrogen (secondary N) is 4. The first-order valence-corrected chi connectivity index (χ1v) is 7.81. The first-order chi connectivity index (χ1) is 11.4. The van der Waals surface area contributed by atoms with Crippen LogP contribution >= 0.6 is 23.6 Å². The number of carbonyl (C=O) groups excluding carboxylic acids is 2. The highest BCUT2D eigenvalue weighted by atomic mass is 32.1. The van der Waals surface area contributed by atoms with Gasteiger partial charge in [0.2, 0.25) is 11.0 Å². The van der Waals surface area contributed by atoms with Crippen LogP contribution in [0.3, 0.4) is 0 Å². The molecule has 1 aromatic carbocycles. The quantitative estimate of drug-likeness (QED) is 0.361. The van der Waals surface area contributed by atoms with Gasteiger partial charge in [-0.2, -0.15) is 0 Å². The third-order valence-electron chi connectivity index (χ3n) is 2.76. The maximum atomic E-state index is 11.7. The van der Waals surface area contributed by atoms with E-state index in [1.807, 2.05) is 0 Å². The Hall–Kier alpha value is -2.86. The Labute approximate surface area is 144 Å². The van der Waals surface area contributed by atoms with Crippen LogP contribution in [-0.2, 0) is 11.2 Å². The summed E-state index contributed by atoms with van der Waals surface area (Å²) in [6.45, 7) is 0. The van der Waals surface area contributed by atoms with Crippen molar-refractivity contribution < 1.29 is 14.5 Å². The van der Waals surface area contributed by atoms with E-state index in [2.05, 4.69) is 26.4 Å². The zero-order valence-electron chi connectivity index (χ0n) is 12.1. The topological polar surface area (TPSA) is 142 Å². The fourth-order valence-electron chi connectivity index (χ4n) is 1.64. The molecule has 0 saturated carbocycles. The zero-order valence-corrected chi connectivity index (χ0v) is 13.7. The first-order valence-electron chi connectivity index (χ1n) is 6.59. The second kappa shape index (κ2) is 8.12. The maximum Gasteiger partial charge on any atom is 0.339 e. The molecule has 0 unspecified atom stereocenters. The van der Waals surface area contributed by atoms with E-state index < -0.39 is 16.9 Å². The Morgan fingerprint density at radius 3 is 2.58 bits per heavy atom. The lowest BCUT2D eigenvalue weighted by atomic mass is 10.1. The molecular weight excluding hydrogens is 356 g/mol. The van der Waals surface area contributed by atoms with Gasteiger partial charge in [-0.15, -0.1) is 5.10 Å². The molecule has 0 aliphatic carbocycles. The number of aromatic amines is 1. The van der Waals surface area contributed by atoms with E-state index in [1.54, 1.807) is 12.1 Å². The predicted molar refractivity (Wildman–Crippen MR) is 89.0 cm³/mol. The zero-order chi connectivity index (χ0) is 17.5. The Kier molecular flexibility index (Phi) is 5.92. The van der Waals surface area contributed by atoms with Crippen LogP contribution in [0.25, 0.3) is 0 Å². The average Bonchev–Trinajstić information content (AvgIpc) is 2.96. The lowest BCUT2D eigenvalue weighted by molar-refractivity contribution is -0.384. The Balaban J connectivity index is 1.72. The molecule has 126 valence electrons. The monoisotopic (exact) mass is 368 g/mol. The molecule has 0 aliphatic rings. The molecule has 10 nitrogen and oxygen atoms in total. The fourth-order valence-corrected chi connectivity index (χ4v) is 2.43. The second-order valence-electron chi connectivity index (χ2n) is 4.47. The van der Waals surface area contributed by atoms with E-state index in [0.717, 1.165) is 16.9 Å². The standard InChI is InChI=1S/C12H12N6O4S2/c19-9(6-3-7-1-4-8(5-2-7)18(21)22)14-15-10(20)13-11-16-17-12(23)24-11/h1-2,4-5H,3,6H2,(H,14,19)(H,17,23)(H2,13,15,16,20). The molecule has 2 aromatic rings. The van der Waals surface area contributed by atoms with Crippen molar-refractivity contribution in [3.63, 3.8) is 0 Å². The van der Waals surface area contributed by atoms with Crippen LogP contribution < -0.4 is 16.2 Å². The summed E-state index contributed by atoms with van der Waals surface area (Å²) < 4.78 is 0.414. The highest BCUT2D eigenvalue weighted by Crippen LogP contribution is 2.13. The maximum absolute atomic E-state index is 11.7. The number of amides is 3. The molecule has 24 heavy (non-hydrogen) atoms. The van der Waals surface area contributed by atoms with Crippen molar-refractivity contribution in [1.82, 2.24) is 21.0 Å². The third-order valence-corrected chi connectivity index (χ3v) is 3.77. The number of hydrazine groups is 1. The molecule has 1 heterocycles. The minimum Gasteiger partial charge on any atom is -0.281 e. The number of aryl methyl sites for hydroxylation is 1. The van der Waals surface area contributed by atoms with Crippen molar-refractivity contribution in [2.24, 2.45) is 0 Å². The number of nitrogens with zero attached hydrogens (tertiary/aromatic N) is 2. The summed E-state index contributed by atoms with van der Waals surface area (Å²) in [7, 11) is 0. The molecule has 3 amide bonds. The van der Waals surface area contributed by atoms with Crippen molar-refractivity contribution in [3.8, 4) is 0 Å². The molecule has 0 spiro atoms. The lowest BCUT2D eigenvalue weighted by Gasteiger charge is -2.07. The fraction of sp³-hybridized carbons (Fsp3) is 0.167. The van der Waals surface area contributed by atoms with Crippen molar-refractivity contribution in [2.45, 2.75) is 12.8 Å². The van der Waals surface area contributed by atoms with Gasteiger partial charge in [0, 0.05) is 18.6 Å². The van der Waals surface area contributed by atoms with Gasteiger partial charge < -0.3 is 0 Å². The van der Waals surface area contributed by atoms with Gasteiger partial charge in [-0.25, -0.2) is 10.2 Å². The lowest BCUT2D eigenvalue weighted by Crippen LogP contribution is -2.43. The highest BCUT2D eigenvalue weighted by Gasteiger charge is 2.08. The van der Waals surface area contributed by atoms with Crippen LogP contribution in [0.2, 0.25) is 0 Å². The number of non-ortho nitro benzene ring substituents is 1. The van der Waals surface area contributed by atoms with Crippen LogP contribution in [-0.4, -0.2) is 27.1 Å². The van der Waals surface area contributed by atoms with Gasteiger partial charge in [-0.05, 0) is 24.2 Å². The molecule has 0 radical (unpaired) electrons. The predicted octanol–water partition coefficient (Wildman–Crippen LogP) is 1.89. The van der Waals surface area contributed by atoms with Gasteiger partial charge in [-0.1, -0.05) is 23.5 Å². The number of nitro benzene ring substituents is 1. The highest BCUT2D eigenvalue weighted by molar-refractivity contribution is 7.73. The SMILES string of the molecule is O=C(CCc1ccc([N+](=O)[O-])cc1)NNC(=O)Nc1n[nH]c(=S)s1. The van der Waals surface area contributed by atoms with Crippen molar-refractivity contribution in [3.05, 3.63) is 43.9 Å². The summed E-state index contributed by atoms with van der Waals surface area (Å²) in [6, 6.07) is 5.25. The number of rotatable bonds is 5. The summed E-state index contributed by atoms with van der Waals surface area (Å²) in [4.78, 5) is 33.2. The van der Waals surface area contributed by atoms with Crippen LogP contribution in [0.4, 0.5) is 15.6 Å². The van der Waals surface area contributed by atoms with Gasteiger partial charge in [0.25, 0.3) is 5.69 Å². The summed E-state index contributed by atoms with van der Waals surface area (Å²) in [5.41, 5.74) is 5.18. The number of benzene rings is 1. The number of hydrogen-bond acceptors (Lipinski definition) is 7. The molecule has 1 aromatic heterocycles. The van der Waals surface area contributed by atoms with Crippen molar-refractivity contribution in [2.75, 3.05) is 5.32 Å². The van der Waals surface area contributed by atoms with E-state index in [9.17, 15) is 19.7 Å². The van der Waals surface area contributed by atoms with Crippen LogP contribution in [0, 0.1) is 14.1 Å². The molecule has 0 bridgehead atoms. The number of anilines is 1. The van der Waals surface area contributed by atoms with Crippen LogP contribution in [0.15, 0.2) is 24.3 Å².